The van der Waals surface area contributed by atoms with E-state index >= 15 is 0 Å². The number of hydrogen-bond donors (Lipinski definition) is 37. The van der Waals surface area contributed by atoms with E-state index in [4.69, 9.17) is 131 Å². The van der Waals surface area contributed by atoms with Crippen molar-refractivity contribution in [1.82, 2.24) is 36.8 Å². The van der Waals surface area contributed by atoms with Crippen molar-refractivity contribution in [2.24, 2.45) is 11.8 Å². The van der Waals surface area contributed by atoms with Crippen LogP contribution in [0.4, 0.5) is 0 Å². The smallest absolute Gasteiger partial charge is 0.187 e. The largest absolute Gasteiger partial charge is 0.394 e. The van der Waals surface area contributed by atoms with Crippen molar-refractivity contribution in [2.45, 2.75) is 339 Å². The molecule has 18 heterocycles. The van der Waals surface area contributed by atoms with Crippen molar-refractivity contribution in [1.29, 1.82) is 0 Å². The van der Waals surface area contributed by atoms with E-state index in [9.17, 15) is 158 Å². The van der Waals surface area contributed by atoms with Crippen LogP contribution in [0.3, 0.4) is 0 Å². The molecule has 50 unspecified atom stereocenters. The van der Waals surface area contributed by atoms with Gasteiger partial charge in [-0.3, -0.25) is 4.90 Å². The monoisotopic (exact) mass is 2120 g/mol. The van der Waals surface area contributed by atoms with Gasteiger partial charge in [0.15, 0.2) is 78.2 Å². The van der Waals surface area contributed by atoms with Crippen LogP contribution >= 0.6 is 36.7 Å². The summed E-state index contributed by atoms with van der Waals surface area (Å²) in [4.78, 5) is 1.82. The van der Waals surface area contributed by atoms with Gasteiger partial charge in [0.1, 0.15) is 213 Å². The molecule has 142 heavy (non-hydrogen) atoms. The molecular formula is C81H141N7O51S3. The van der Waals surface area contributed by atoms with Gasteiger partial charge in [-0.25, -0.2) is 0 Å². The fourth-order valence-corrected chi connectivity index (χ4v) is 19.5. The van der Waals surface area contributed by atoms with Crippen LogP contribution in [0.1, 0.15) is 38.5 Å². The van der Waals surface area contributed by atoms with E-state index in [2.05, 4.69) is 31.9 Å². The standard InChI is InChI=1S/C81H141N7O51S3/c89-17-32-42(99)45(102)55(112)75(127-32)137-65-37(22-94)132-70(60(117)50(65)107)122-25-81(26-123-71-61(118)51(108)66(38(23-95)133-71)138-76-56(113)46(103)43(100)33(18-90)128-76,27-124-72-62(119)52(109)67(39(24-96)134-72)139-77-57(114)47(104)44(101)34(19-91)129-77)87-80(142)84-9-12-88(10-7-82-78(140)85-15-30-28-5-1-3-13-120-68-58(115)48(105)63(35(20-92)130-68)135-73(125-30)53(110)40(28)97)11-8-83-79(141)86-16-31-29-6-2-4-14-121-69-59(116)49(106)64(36(21-93)131-69)136-74(126-31)54(111)41(29)98/h28-77,89-119H,1-27H2,(H2,82,85,140)(H2,83,86,141)(H2,84,87,142). The predicted octanol–water partition coefficient (Wildman–Crippen LogP) is -21.5. The Labute approximate surface area is 827 Å². The second-order valence-electron chi connectivity index (χ2n) is 36.9. The summed E-state index contributed by atoms with van der Waals surface area (Å²) in [6, 6.07) is 0. The Balaban J connectivity index is 0.813. The quantitative estimate of drug-likeness (QED) is 0.0257. The summed E-state index contributed by atoms with van der Waals surface area (Å²) in [6.07, 6.45) is -85.0. The topological polar surface area (TPSA) is 887 Å². The van der Waals surface area contributed by atoms with Crippen LogP contribution in [-0.4, -0.2) is 617 Å². The Kier molecular flexibility index (Phi) is 45.1. The van der Waals surface area contributed by atoms with Crippen LogP contribution < -0.4 is 31.9 Å². The highest BCUT2D eigenvalue weighted by atomic mass is 32.1. The molecule has 50 atom stereocenters. The molecule has 18 saturated heterocycles. The number of nitrogens with zero attached hydrogens (tertiary/aromatic N) is 1. The fraction of sp³-hybridized carbons (Fsp3) is 0.963. The van der Waals surface area contributed by atoms with E-state index in [1.807, 2.05) is 4.90 Å². The van der Waals surface area contributed by atoms with Gasteiger partial charge >= 0.3 is 0 Å². The third-order valence-electron chi connectivity index (χ3n) is 27.3. The maximum absolute atomic E-state index is 12.0. The Bertz CT molecular complexity index is 3480. The van der Waals surface area contributed by atoms with Crippen LogP contribution in [0.25, 0.3) is 0 Å². The molecule has 58 nitrogen and oxygen atoms in total. The minimum atomic E-state index is -2.42. The lowest BCUT2D eigenvalue weighted by Gasteiger charge is -2.48. The molecule has 8 bridgehead atoms. The van der Waals surface area contributed by atoms with Crippen molar-refractivity contribution in [2.75, 3.05) is 138 Å². The van der Waals surface area contributed by atoms with Gasteiger partial charge in [-0.2, -0.15) is 0 Å². The minimum Gasteiger partial charge on any atom is -0.394 e. The number of hydrogen-bond acceptors (Lipinski definition) is 55. The zero-order valence-corrected chi connectivity index (χ0v) is 79.1. The Morgan fingerprint density at radius 1 is 0.268 bits per heavy atom. The molecular weight excluding hydrogens is 1980 g/mol. The van der Waals surface area contributed by atoms with Crippen LogP contribution in [0.5, 0.6) is 0 Å². The predicted molar refractivity (Wildman–Crippen MR) is 470 cm³/mol. The number of nitrogens with one attached hydrogen (secondary N) is 6. The van der Waals surface area contributed by atoms with E-state index in [0.29, 0.717) is 25.7 Å². The second kappa shape index (κ2) is 54.5. The van der Waals surface area contributed by atoms with E-state index in [-0.39, 0.29) is 88.6 Å². The van der Waals surface area contributed by atoms with E-state index < -0.39 is 390 Å². The summed E-state index contributed by atoms with van der Waals surface area (Å²) >= 11 is 17.7. The van der Waals surface area contributed by atoms with Crippen LogP contribution in [-0.2, 0) is 94.7 Å². The summed E-state index contributed by atoms with van der Waals surface area (Å²) in [6.45, 7) is -11.3. The van der Waals surface area contributed by atoms with Crippen molar-refractivity contribution in [3.05, 3.63) is 0 Å². The Hall–Kier alpha value is -3.01. The molecule has 0 aliphatic carbocycles. The van der Waals surface area contributed by atoms with Gasteiger partial charge in [-0.1, -0.05) is 12.8 Å². The molecule has 0 radical (unpaired) electrons. The van der Waals surface area contributed by atoms with Gasteiger partial charge in [0.2, 0.25) is 0 Å². The number of aliphatic hydroxyl groups excluding tert-OH is 31. The SMILES string of the molecule is OCC1OC(OC2C(CO)OC(OCC(COC3OC(CO)C(OC4OC(CO)C(O)C(O)C4O)C(O)C3O)(COC3OC(CO)C(OC4OC(CO)C(O)C(O)C4O)C(O)C3O)NC(=S)NCCN(CCNC(=S)NCC3OC4OC5C(CO)OC(OCCCCC3C(O)C4O)C(O)C5O)CCNC(=S)NCC3OC4OC5C(CO)OC(OCCCCC3C(O)C4O)C(O)C5O)C(O)C2O)C(O)C(O)C1O. The van der Waals surface area contributed by atoms with E-state index in [1.165, 1.54) is 0 Å². The molecule has 0 aromatic rings. The van der Waals surface area contributed by atoms with Gasteiger partial charge in [-0.15, -0.1) is 0 Å². The molecule has 0 amide bonds. The van der Waals surface area contributed by atoms with Crippen molar-refractivity contribution >= 4 is 52.0 Å². The van der Waals surface area contributed by atoms with Crippen LogP contribution in [0.2, 0.25) is 0 Å². The molecule has 18 rings (SSSR count). The lowest BCUT2D eigenvalue weighted by Crippen LogP contribution is -2.67. The number of aliphatic hydroxyl groups is 31. The van der Waals surface area contributed by atoms with Crippen LogP contribution in [0, 0.1) is 11.8 Å². The highest BCUT2D eigenvalue weighted by Crippen LogP contribution is 2.41. The van der Waals surface area contributed by atoms with Gasteiger partial charge in [0, 0.05) is 77.4 Å². The number of rotatable bonds is 37. The van der Waals surface area contributed by atoms with E-state index in [0.717, 1.165) is 0 Å². The lowest BCUT2D eigenvalue weighted by molar-refractivity contribution is -0.367. The first-order valence-corrected chi connectivity index (χ1v) is 48.3. The van der Waals surface area contributed by atoms with Gasteiger partial charge in [-0.05, 0) is 62.3 Å². The summed E-state index contributed by atoms with van der Waals surface area (Å²) < 4.78 is 118. The molecule has 0 aromatic carbocycles. The van der Waals surface area contributed by atoms with Crippen LogP contribution in [0.15, 0.2) is 0 Å². The van der Waals surface area contributed by atoms with Gasteiger partial charge in [0.25, 0.3) is 0 Å². The van der Waals surface area contributed by atoms with Crippen molar-refractivity contribution in [3.8, 4) is 0 Å². The number of ether oxygens (including phenoxy) is 20. The Morgan fingerprint density at radius 3 is 0.859 bits per heavy atom. The molecule has 0 aromatic heterocycles. The zero-order valence-electron chi connectivity index (χ0n) is 76.7. The highest BCUT2D eigenvalue weighted by Gasteiger charge is 2.60. The minimum absolute atomic E-state index is 0.0109. The molecule has 18 aliphatic rings. The maximum Gasteiger partial charge on any atom is 0.187 e. The molecule has 37 N–H and O–H groups in total. The Morgan fingerprint density at radius 2 is 0.549 bits per heavy atom. The lowest BCUT2D eigenvalue weighted by atomic mass is 9.84. The average molecular weight is 2130 g/mol. The molecule has 0 spiro atoms. The maximum atomic E-state index is 12.0. The highest BCUT2D eigenvalue weighted by molar-refractivity contribution is 7.80. The first-order valence-electron chi connectivity index (χ1n) is 47.0. The average Bonchev–Trinajstić information content (AvgIpc) is 0.788. The zero-order chi connectivity index (χ0) is 103. The summed E-state index contributed by atoms with van der Waals surface area (Å²) in [7, 11) is 0. The third-order valence-corrected chi connectivity index (χ3v) is 28.1. The van der Waals surface area contributed by atoms with E-state index in [1.54, 1.807) is 0 Å². The van der Waals surface area contributed by atoms with Crippen molar-refractivity contribution < 1.29 is 253 Å². The second-order valence-corrected chi connectivity index (χ2v) is 38.2. The molecule has 18 fully saturated rings. The van der Waals surface area contributed by atoms with Gasteiger partial charge < -0.3 is 285 Å². The number of thiocarbonyl (C=S) groups is 3. The summed E-state index contributed by atoms with van der Waals surface area (Å²) in [5, 5.41) is 360. The first kappa shape index (κ1) is 118. The first-order chi connectivity index (χ1) is 67.8. The molecule has 61 heteroatoms. The summed E-state index contributed by atoms with van der Waals surface area (Å²) in [5.74, 6) is -1.54. The van der Waals surface area contributed by atoms with Crippen molar-refractivity contribution in [3.63, 3.8) is 0 Å². The molecule has 0 saturated carbocycles. The molecule has 18 aliphatic heterocycles. The fourth-order valence-electron chi connectivity index (χ4n) is 18.9. The third kappa shape index (κ3) is 28.2. The molecule has 824 valence electrons. The van der Waals surface area contributed by atoms with Gasteiger partial charge in [0.05, 0.1) is 97.1 Å². The summed E-state index contributed by atoms with van der Waals surface area (Å²) in [5.41, 5.74) is -2.42. The normalized spacial score (nSPS) is 46.1.